The number of esters is 1. The van der Waals surface area contributed by atoms with Crippen LogP contribution < -0.4 is 4.74 Å². The van der Waals surface area contributed by atoms with Crippen LogP contribution >= 0.6 is 27.5 Å². The summed E-state index contributed by atoms with van der Waals surface area (Å²) in [4.78, 5) is 11.4. The molecule has 0 spiro atoms. The second-order valence-corrected chi connectivity index (χ2v) is 5.78. The van der Waals surface area contributed by atoms with E-state index in [1.165, 1.54) is 7.11 Å². The predicted molar refractivity (Wildman–Crippen MR) is 86.0 cm³/mol. The number of aryl methyl sites for hydroxylation is 1. The zero-order chi connectivity index (χ0) is 15.4. The van der Waals surface area contributed by atoms with Crippen molar-refractivity contribution in [1.82, 2.24) is 0 Å². The lowest BCUT2D eigenvalue weighted by Gasteiger charge is -2.10. The molecular formula is C16H14BrClO3. The fourth-order valence-corrected chi connectivity index (χ4v) is 2.57. The van der Waals surface area contributed by atoms with E-state index in [0.717, 1.165) is 15.6 Å². The molecule has 3 nitrogen and oxygen atoms in total. The lowest BCUT2D eigenvalue weighted by Crippen LogP contribution is -2.03. The van der Waals surface area contributed by atoms with E-state index in [4.69, 9.17) is 16.3 Å². The van der Waals surface area contributed by atoms with Gasteiger partial charge in [-0.1, -0.05) is 39.7 Å². The zero-order valence-electron chi connectivity index (χ0n) is 11.7. The van der Waals surface area contributed by atoms with Crippen LogP contribution in [0.5, 0.6) is 5.75 Å². The number of rotatable bonds is 4. The third-order valence-electron chi connectivity index (χ3n) is 2.94. The van der Waals surface area contributed by atoms with Crippen molar-refractivity contribution in [1.29, 1.82) is 0 Å². The smallest absolute Gasteiger partial charge is 0.337 e. The first-order valence-electron chi connectivity index (χ1n) is 6.27. The van der Waals surface area contributed by atoms with E-state index < -0.39 is 0 Å². The summed E-state index contributed by atoms with van der Waals surface area (Å²) in [5.41, 5.74) is 2.48. The minimum absolute atomic E-state index is 0.352. The van der Waals surface area contributed by atoms with Crippen LogP contribution in [0.4, 0.5) is 0 Å². The standard InChI is InChI=1S/C16H14BrClO3/c1-10-3-6-15(14(18)7-10)21-9-12-5-4-11(8-13(12)17)16(19)20-2/h3-8H,9H2,1-2H3. The average molecular weight is 370 g/mol. The predicted octanol–water partition coefficient (Wildman–Crippen LogP) is 4.78. The molecule has 110 valence electrons. The number of methoxy groups -OCH3 is 1. The van der Waals surface area contributed by atoms with Crippen LogP contribution in [-0.4, -0.2) is 13.1 Å². The summed E-state index contributed by atoms with van der Waals surface area (Å²) in [6.45, 7) is 2.32. The number of carbonyl (C=O) groups is 1. The Bertz CT molecular complexity index is 671. The maximum absolute atomic E-state index is 11.4. The molecule has 0 aromatic heterocycles. The highest BCUT2D eigenvalue weighted by Gasteiger charge is 2.09. The Kier molecular flexibility index (Phi) is 5.26. The third-order valence-corrected chi connectivity index (χ3v) is 3.98. The second-order valence-electron chi connectivity index (χ2n) is 4.52. The minimum atomic E-state index is -0.371. The molecule has 0 atom stereocenters. The molecule has 0 aliphatic heterocycles. The molecule has 0 bridgehead atoms. The van der Waals surface area contributed by atoms with Gasteiger partial charge in [0, 0.05) is 10.0 Å². The Morgan fingerprint density at radius 1 is 1.24 bits per heavy atom. The maximum Gasteiger partial charge on any atom is 0.337 e. The molecule has 0 amide bonds. The molecule has 0 aliphatic carbocycles. The average Bonchev–Trinajstić information content (AvgIpc) is 2.46. The van der Waals surface area contributed by atoms with E-state index in [9.17, 15) is 4.79 Å². The molecular weight excluding hydrogens is 356 g/mol. The van der Waals surface area contributed by atoms with E-state index >= 15 is 0 Å². The fourth-order valence-electron chi connectivity index (χ4n) is 1.79. The summed E-state index contributed by atoms with van der Waals surface area (Å²) in [6, 6.07) is 10.9. The van der Waals surface area contributed by atoms with Gasteiger partial charge in [0.2, 0.25) is 0 Å². The van der Waals surface area contributed by atoms with Crippen LogP contribution in [0.1, 0.15) is 21.5 Å². The Morgan fingerprint density at radius 3 is 2.62 bits per heavy atom. The quantitative estimate of drug-likeness (QED) is 0.728. The van der Waals surface area contributed by atoms with E-state index in [1.54, 1.807) is 12.1 Å². The molecule has 0 radical (unpaired) electrons. The van der Waals surface area contributed by atoms with Gasteiger partial charge in [-0.15, -0.1) is 0 Å². The van der Waals surface area contributed by atoms with Gasteiger partial charge in [-0.3, -0.25) is 0 Å². The molecule has 0 unspecified atom stereocenters. The number of ether oxygens (including phenoxy) is 2. The molecule has 2 aromatic carbocycles. The molecule has 21 heavy (non-hydrogen) atoms. The SMILES string of the molecule is COC(=O)c1ccc(COc2ccc(C)cc2Cl)c(Br)c1. The van der Waals surface area contributed by atoms with Crippen LogP contribution in [0.3, 0.4) is 0 Å². The third kappa shape index (κ3) is 3.99. The van der Waals surface area contributed by atoms with Crippen molar-refractivity contribution in [3.8, 4) is 5.75 Å². The van der Waals surface area contributed by atoms with Gasteiger partial charge >= 0.3 is 5.97 Å². The Labute approximate surface area is 137 Å². The molecule has 0 saturated carbocycles. The Balaban J connectivity index is 2.11. The van der Waals surface area contributed by atoms with Gasteiger partial charge in [0.15, 0.2) is 0 Å². The summed E-state index contributed by atoms with van der Waals surface area (Å²) < 4.78 is 11.2. The lowest BCUT2D eigenvalue weighted by atomic mass is 10.1. The molecule has 2 aromatic rings. The molecule has 0 aliphatic rings. The summed E-state index contributed by atoms with van der Waals surface area (Å²) >= 11 is 9.55. The van der Waals surface area contributed by atoms with Gasteiger partial charge < -0.3 is 9.47 Å². The summed E-state index contributed by atoms with van der Waals surface area (Å²) in [6.07, 6.45) is 0. The van der Waals surface area contributed by atoms with Crippen molar-refractivity contribution in [2.45, 2.75) is 13.5 Å². The topological polar surface area (TPSA) is 35.5 Å². The summed E-state index contributed by atoms with van der Waals surface area (Å²) in [5, 5.41) is 0.581. The van der Waals surface area contributed by atoms with Crippen molar-refractivity contribution in [3.63, 3.8) is 0 Å². The molecule has 0 fully saturated rings. The minimum Gasteiger partial charge on any atom is -0.487 e. The highest BCUT2D eigenvalue weighted by atomic mass is 79.9. The first kappa shape index (κ1) is 15.9. The van der Waals surface area contributed by atoms with E-state index in [2.05, 4.69) is 20.7 Å². The van der Waals surface area contributed by atoms with Crippen molar-refractivity contribution in [3.05, 3.63) is 62.6 Å². The normalized spacial score (nSPS) is 10.3. The van der Waals surface area contributed by atoms with Gasteiger partial charge in [0.25, 0.3) is 0 Å². The van der Waals surface area contributed by atoms with Gasteiger partial charge in [0.05, 0.1) is 17.7 Å². The lowest BCUT2D eigenvalue weighted by molar-refractivity contribution is 0.0600. The molecule has 2 rings (SSSR count). The van der Waals surface area contributed by atoms with E-state index in [-0.39, 0.29) is 5.97 Å². The van der Waals surface area contributed by atoms with Crippen LogP contribution in [0.25, 0.3) is 0 Å². The van der Waals surface area contributed by atoms with Crippen molar-refractivity contribution < 1.29 is 14.3 Å². The number of carbonyl (C=O) groups excluding carboxylic acids is 1. The van der Waals surface area contributed by atoms with Crippen LogP contribution in [0, 0.1) is 6.92 Å². The summed E-state index contributed by atoms with van der Waals surface area (Å²) in [5.74, 6) is 0.260. The maximum atomic E-state index is 11.4. The van der Waals surface area contributed by atoms with Crippen LogP contribution in [-0.2, 0) is 11.3 Å². The number of hydrogen-bond donors (Lipinski definition) is 0. The Morgan fingerprint density at radius 2 is 2.00 bits per heavy atom. The molecule has 5 heteroatoms. The number of hydrogen-bond acceptors (Lipinski definition) is 3. The monoisotopic (exact) mass is 368 g/mol. The fraction of sp³-hybridized carbons (Fsp3) is 0.188. The summed E-state index contributed by atoms with van der Waals surface area (Å²) in [7, 11) is 1.35. The van der Waals surface area contributed by atoms with E-state index in [1.807, 2.05) is 31.2 Å². The van der Waals surface area contributed by atoms with Crippen molar-refractivity contribution in [2.75, 3.05) is 7.11 Å². The molecule has 0 N–H and O–H groups in total. The van der Waals surface area contributed by atoms with Crippen LogP contribution in [0.15, 0.2) is 40.9 Å². The Hall–Kier alpha value is -1.52. The van der Waals surface area contributed by atoms with Gasteiger partial charge in [-0.2, -0.15) is 0 Å². The van der Waals surface area contributed by atoms with Gasteiger partial charge in [-0.05, 0) is 36.8 Å². The first-order valence-corrected chi connectivity index (χ1v) is 7.44. The van der Waals surface area contributed by atoms with Gasteiger partial charge in [-0.25, -0.2) is 4.79 Å². The van der Waals surface area contributed by atoms with Gasteiger partial charge in [0.1, 0.15) is 12.4 Å². The number of halogens is 2. The number of benzene rings is 2. The first-order chi connectivity index (χ1) is 10.0. The zero-order valence-corrected chi connectivity index (χ0v) is 14.0. The highest BCUT2D eigenvalue weighted by molar-refractivity contribution is 9.10. The van der Waals surface area contributed by atoms with Crippen LogP contribution in [0.2, 0.25) is 5.02 Å². The van der Waals surface area contributed by atoms with Crippen molar-refractivity contribution in [2.24, 2.45) is 0 Å². The molecule has 0 heterocycles. The van der Waals surface area contributed by atoms with Crippen molar-refractivity contribution >= 4 is 33.5 Å². The van der Waals surface area contributed by atoms with E-state index in [0.29, 0.717) is 22.9 Å². The highest BCUT2D eigenvalue weighted by Crippen LogP contribution is 2.27. The second kappa shape index (κ2) is 6.96. The molecule has 0 saturated heterocycles. The largest absolute Gasteiger partial charge is 0.487 e.